The minimum Gasteiger partial charge on any atom is -0.334 e. The van der Waals surface area contributed by atoms with Crippen LogP contribution >= 0.6 is 0 Å². The van der Waals surface area contributed by atoms with Crippen LogP contribution in [0.15, 0.2) is 24.3 Å². The van der Waals surface area contributed by atoms with Gasteiger partial charge in [-0.15, -0.1) is 0 Å². The number of carbonyl (C=O) groups is 1. The fourth-order valence-corrected chi connectivity index (χ4v) is 4.15. The van der Waals surface area contributed by atoms with E-state index in [-0.39, 0.29) is 5.91 Å². The van der Waals surface area contributed by atoms with Crippen molar-refractivity contribution in [3.8, 4) is 0 Å². The Kier molecular flexibility index (Phi) is 3.26. The topological polar surface area (TPSA) is 23.6 Å². The molecule has 0 spiro atoms. The van der Waals surface area contributed by atoms with Crippen molar-refractivity contribution in [2.24, 2.45) is 5.92 Å². The monoisotopic (exact) mass is 284 g/mol. The Bertz CT molecular complexity index is 552. The SMILES string of the molecule is Cc1ccccc1C(=O)N1CC[C@H]2[C@H]1CCN2CC1CC1. The quantitative estimate of drug-likeness (QED) is 0.852. The van der Waals surface area contributed by atoms with Gasteiger partial charge in [0.15, 0.2) is 0 Å². The average Bonchev–Trinajstić information content (AvgIpc) is 3.06. The number of carbonyl (C=O) groups excluding carboxylic acids is 1. The van der Waals surface area contributed by atoms with Crippen LogP contribution in [0, 0.1) is 12.8 Å². The third kappa shape index (κ3) is 2.38. The molecule has 2 atom stereocenters. The minimum atomic E-state index is 0.244. The Labute approximate surface area is 126 Å². The van der Waals surface area contributed by atoms with Crippen LogP contribution in [0.4, 0.5) is 0 Å². The molecule has 0 radical (unpaired) electrons. The predicted octanol–water partition coefficient (Wildman–Crippen LogP) is 2.69. The lowest BCUT2D eigenvalue weighted by Gasteiger charge is -2.26. The molecule has 0 aromatic heterocycles. The minimum absolute atomic E-state index is 0.244. The molecule has 3 fully saturated rings. The maximum absolute atomic E-state index is 12.9. The normalized spacial score (nSPS) is 28.9. The van der Waals surface area contributed by atoms with E-state index in [1.165, 1.54) is 25.9 Å². The summed E-state index contributed by atoms with van der Waals surface area (Å²) in [5, 5.41) is 0. The van der Waals surface area contributed by atoms with E-state index in [0.29, 0.717) is 12.1 Å². The number of amides is 1. The van der Waals surface area contributed by atoms with Gasteiger partial charge in [0.25, 0.3) is 5.91 Å². The Morgan fingerprint density at radius 2 is 1.86 bits per heavy atom. The van der Waals surface area contributed by atoms with Gasteiger partial charge in [-0.05, 0) is 50.2 Å². The highest BCUT2D eigenvalue weighted by molar-refractivity contribution is 5.96. The van der Waals surface area contributed by atoms with Crippen molar-refractivity contribution < 1.29 is 4.79 Å². The molecule has 1 aromatic rings. The molecular formula is C18H24N2O. The molecule has 3 nitrogen and oxygen atoms in total. The molecule has 2 saturated heterocycles. The maximum atomic E-state index is 12.9. The lowest BCUT2D eigenvalue weighted by atomic mass is 10.1. The number of fused-ring (bicyclic) bond motifs is 1. The van der Waals surface area contributed by atoms with Crippen molar-refractivity contribution in [3.63, 3.8) is 0 Å². The molecule has 1 aromatic carbocycles. The number of nitrogens with zero attached hydrogens (tertiary/aromatic N) is 2. The molecule has 1 aliphatic carbocycles. The average molecular weight is 284 g/mol. The first kappa shape index (κ1) is 13.3. The van der Waals surface area contributed by atoms with Crippen LogP contribution in [-0.4, -0.2) is 47.4 Å². The van der Waals surface area contributed by atoms with Gasteiger partial charge in [-0.25, -0.2) is 0 Å². The molecular weight excluding hydrogens is 260 g/mol. The molecule has 0 N–H and O–H groups in total. The second-order valence-corrected chi connectivity index (χ2v) is 6.96. The first-order valence-electron chi connectivity index (χ1n) is 8.34. The maximum Gasteiger partial charge on any atom is 0.254 e. The summed E-state index contributed by atoms with van der Waals surface area (Å²) in [7, 11) is 0. The van der Waals surface area contributed by atoms with Crippen LogP contribution in [0.2, 0.25) is 0 Å². The van der Waals surface area contributed by atoms with Crippen LogP contribution in [0.3, 0.4) is 0 Å². The molecule has 1 saturated carbocycles. The van der Waals surface area contributed by atoms with Gasteiger partial charge in [0.2, 0.25) is 0 Å². The van der Waals surface area contributed by atoms with Crippen LogP contribution in [0.25, 0.3) is 0 Å². The standard InChI is InChI=1S/C18H24N2O/c1-13-4-2-3-5-15(13)18(21)20-11-9-16-17(20)8-10-19(16)12-14-6-7-14/h2-5,14,16-17H,6-12H2,1H3/t16-,17+/m0/s1. The predicted molar refractivity (Wildman–Crippen MR) is 83.3 cm³/mol. The summed E-state index contributed by atoms with van der Waals surface area (Å²) in [4.78, 5) is 17.7. The highest BCUT2D eigenvalue weighted by Gasteiger charge is 2.45. The van der Waals surface area contributed by atoms with E-state index in [9.17, 15) is 4.79 Å². The molecule has 3 aliphatic rings. The van der Waals surface area contributed by atoms with E-state index in [1.807, 2.05) is 31.2 Å². The zero-order valence-corrected chi connectivity index (χ0v) is 12.8. The van der Waals surface area contributed by atoms with Crippen LogP contribution in [-0.2, 0) is 0 Å². The van der Waals surface area contributed by atoms with Crippen molar-refractivity contribution in [1.82, 2.24) is 9.80 Å². The summed E-state index contributed by atoms with van der Waals surface area (Å²) in [6, 6.07) is 9.07. The summed E-state index contributed by atoms with van der Waals surface area (Å²) < 4.78 is 0. The Hall–Kier alpha value is -1.35. The highest BCUT2D eigenvalue weighted by atomic mass is 16.2. The second kappa shape index (κ2) is 5.13. The molecule has 2 aliphatic heterocycles. The van der Waals surface area contributed by atoms with Crippen molar-refractivity contribution in [1.29, 1.82) is 0 Å². The summed E-state index contributed by atoms with van der Waals surface area (Å²) in [6.45, 7) is 5.43. The highest BCUT2D eigenvalue weighted by Crippen LogP contribution is 2.37. The zero-order valence-electron chi connectivity index (χ0n) is 12.8. The molecule has 112 valence electrons. The fraction of sp³-hybridized carbons (Fsp3) is 0.611. The van der Waals surface area contributed by atoms with Gasteiger partial charge in [-0.3, -0.25) is 9.69 Å². The Morgan fingerprint density at radius 1 is 1.10 bits per heavy atom. The third-order valence-corrected chi connectivity index (χ3v) is 5.52. The zero-order chi connectivity index (χ0) is 14.4. The lowest BCUT2D eigenvalue weighted by molar-refractivity contribution is 0.0731. The first-order chi connectivity index (χ1) is 10.2. The van der Waals surface area contributed by atoms with E-state index >= 15 is 0 Å². The number of likely N-dealkylation sites (tertiary alicyclic amines) is 2. The first-order valence-corrected chi connectivity index (χ1v) is 8.34. The smallest absolute Gasteiger partial charge is 0.254 e. The van der Waals surface area contributed by atoms with Gasteiger partial charge < -0.3 is 4.90 Å². The number of benzene rings is 1. The molecule has 1 amide bonds. The van der Waals surface area contributed by atoms with E-state index < -0.39 is 0 Å². The van der Waals surface area contributed by atoms with E-state index in [1.54, 1.807) is 0 Å². The Morgan fingerprint density at radius 3 is 2.62 bits per heavy atom. The number of hydrogen-bond donors (Lipinski definition) is 0. The lowest BCUT2D eigenvalue weighted by Crippen LogP contribution is -2.40. The van der Waals surface area contributed by atoms with E-state index in [2.05, 4.69) is 9.80 Å². The van der Waals surface area contributed by atoms with Gasteiger partial charge in [-0.1, -0.05) is 18.2 Å². The molecule has 2 heterocycles. The number of rotatable bonds is 3. The van der Waals surface area contributed by atoms with E-state index in [0.717, 1.165) is 36.4 Å². The summed E-state index contributed by atoms with van der Waals surface area (Å²) in [5.74, 6) is 1.19. The third-order valence-electron chi connectivity index (χ3n) is 5.52. The largest absolute Gasteiger partial charge is 0.334 e. The molecule has 3 heteroatoms. The van der Waals surface area contributed by atoms with Gasteiger partial charge in [0.05, 0.1) is 0 Å². The van der Waals surface area contributed by atoms with Gasteiger partial charge in [0.1, 0.15) is 0 Å². The van der Waals surface area contributed by atoms with Crippen LogP contribution < -0.4 is 0 Å². The van der Waals surface area contributed by atoms with Crippen molar-refractivity contribution in [2.75, 3.05) is 19.6 Å². The van der Waals surface area contributed by atoms with Crippen LogP contribution in [0.1, 0.15) is 41.6 Å². The molecule has 21 heavy (non-hydrogen) atoms. The van der Waals surface area contributed by atoms with Gasteiger partial charge in [-0.2, -0.15) is 0 Å². The molecule has 0 unspecified atom stereocenters. The van der Waals surface area contributed by atoms with Gasteiger partial charge >= 0.3 is 0 Å². The van der Waals surface area contributed by atoms with Gasteiger partial charge in [0, 0.05) is 37.3 Å². The van der Waals surface area contributed by atoms with Crippen molar-refractivity contribution >= 4 is 5.91 Å². The summed E-state index contributed by atoms with van der Waals surface area (Å²) >= 11 is 0. The summed E-state index contributed by atoms with van der Waals surface area (Å²) in [5.41, 5.74) is 1.98. The van der Waals surface area contributed by atoms with Crippen LogP contribution in [0.5, 0.6) is 0 Å². The van der Waals surface area contributed by atoms with Crippen molar-refractivity contribution in [2.45, 2.75) is 44.7 Å². The Balaban J connectivity index is 1.50. The van der Waals surface area contributed by atoms with E-state index in [4.69, 9.17) is 0 Å². The summed E-state index contributed by atoms with van der Waals surface area (Å²) in [6.07, 6.45) is 5.16. The second-order valence-electron chi connectivity index (χ2n) is 6.96. The van der Waals surface area contributed by atoms with Crippen molar-refractivity contribution in [3.05, 3.63) is 35.4 Å². The number of aryl methyl sites for hydroxylation is 1. The number of hydrogen-bond acceptors (Lipinski definition) is 2. The molecule has 4 rings (SSSR count). The molecule has 0 bridgehead atoms. The fourth-order valence-electron chi connectivity index (χ4n) is 4.15.